The number of likely N-dealkylation sites (N-methyl/N-ethyl adjacent to an activating group) is 1. The van der Waals surface area contributed by atoms with Crippen LogP contribution in [0.15, 0.2) is 18.2 Å². The lowest BCUT2D eigenvalue weighted by atomic mass is 10.0. The number of nitrogens with one attached hydrogen (secondary N) is 1. The van der Waals surface area contributed by atoms with Gasteiger partial charge in [-0.05, 0) is 44.5 Å². The minimum atomic E-state index is -0.323. The number of hydrogen-bond acceptors (Lipinski definition) is 3. The maximum absolute atomic E-state index is 14.4. The van der Waals surface area contributed by atoms with Gasteiger partial charge in [0.25, 0.3) is 0 Å². The number of rotatable bonds is 5. The van der Waals surface area contributed by atoms with Crippen LogP contribution >= 0.6 is 11.6 Å². The lowest BCUT2D eigenvalue weighted by Gasteiger charge is -2.31. The van der Waals surface area contributed by atoms with Gasteiger partial charge in [0.1, 0.15) is 5.82 Å². The Labute approximate surface area is 153 Å². The number of nitrogens with zero attached hydrogens (tertiary/aromatic N) is 2. The highest BCUT2D eigenvalue weighted by atomic mass is 35.5. The van der Waals surface area contributed by atoms with Crippen LogP contribution in [0.3, 0.4) is 0 Å². The number of halogens is 2. The van der Waals surface area contributed by atoms with Gasteiger partial charge in [0, 0.05) is 30.8 Å². The standard InChI is InChI=1S/C18H25ClFN3O2/c1-22(13-7-10-25-12-13)18(24)21-11-16(23-8-2-3-9-23)17-14(19)5-4-6-15(17)20/h4-6,13,16H,2-3,7-12H2,1H3,(H,21,24). The highest BCUT2D eigenvalue weighted by Gasteiger charge is 2.29. The fraction of sp³-hybridized carbons (Fsp3) is 0.611. The summed E-state index contributed by atoms with van der Waals surface area (Å²) in [6.07, 6.45) is 3.00. The lowest BCUT2D eigenvalue weighted by molar-refractivity contribution is 0.155. The van der Waals surface area contributed by atoms with Crippen LogP contribution in [-0.2, 0) is 4.74 Å². The van der Waals surface area contributed by atoms with Gasteiger partial charge in [0.2, 0.25) is 0 Å². The summed E-state index contributed by atoms with van der Waals surface area (Å²) in [5.74, 6) is -0.323. The van der Waals surface area contributed by atoms with E-state index in [-0.39, 0.29) is 23.9 Å². The summed E-state index contributed by atoms with van der Waals surface area (Å²) in [6.45, 7) is 3.36. The number of urea groups is 1. The average molecular weight is 370 g/mol. The molecule has 1 aromatic rings. The molecule has 0 radical (unpaired) electrons. The summed E-state index contributed by atoms with van der Waals surface area (Å²) in [6, 6.07) is 4.41. The van der Waals surface area contributed by atoms with Crippen molar-refractivity contribution in [3.8, 4) is 0 Å². The zero-order chi connectivity index (χ0) is 17.8. The predicted molar refractivity (Wildman–Crippen MR) is 95.3 cm³/mol. The van der Waals surface area contributed by atoms with Gasteiger partial charge in [-0.15, -0.1) is 0 Å². The van der Waals surface area contributed by atoms with Gasteiger partial charge in [-0.3, -0.25) is 4.90 Å². The van der Waals surface area contributed by atoms with Gasteiger partial charge in [0.15, 0.2) is 0 Å². The van der Waals surface area contributed by atoms with Crippen molar-refractivity contribution in [2.75, 3.05) is 39.9 Å². The van der Waals surface area contributed by atoms with Gasteiger partial charge < -0.3 is 15.0 Å². The summed E-state index contributed by atoms with van der Waals surface area (Å²) in [7, 11) is 1.77. The Kier molecular flexibility index (Phi) is 6.15. The number of benzene rings is 1. The van der Waals surface area contributed by atoms with E-state index < -0.39 is 0 Å². The first kappa shape index (κ1) is 18.4. The molecule has 0 spiro atoms. The van der Waals surface area contributed by atoms with Gasteiger partial charge in [-0.25, -0.2) is 9.18 Å². The monoisotopic (exact) mass is 369 g/mol. The third-order valence-electron chi connectivity index (χ3n) is 5.13. The van der Waals surface area contributed by atoms with Gasteiger partial charge in [-0.1, -0.05) is 17.7 Å². The Bertz CT molecular complexity index is 584. The SMILES string of the molecule is CN(C(=O)NCC(c1c(F)cccc1Cl)N1CCCC1)C1CCOC1. The Morgan fingerprint density at radius 2 is 2.24 bits per heavy atom. The van der Waals surface area contributed by atoms with Crippen LogP contribution in [0.5, 0.6) is 0 Å². The molecule has 2 saturated heterocycles. The fourth-order valence-corrected chi connectivity index (χ4v) is 3.89. The Balaban J connectivity index is 1.71. The normalized spacial score (nSPS) is 22.1. The molecule has 2 heterocycles. The second kappa shape index (κ2) is 8.34. The summed E-state index contributed by atoms with van der Waals surface area (Å²) in [5.41, 5.74) is 0.471. The summed E-state index contributed by atoms with van der Waals surface area (Å²) >= 11 is 6.28. The highest BCUT2D eigenvalue weighted by molar-refractivity contribution is 6.31. The first-order valence-electron chi connectivity index (χ1n) is 8.84. The van der Waals surface area contributed by atoms with Gasteiger partial charge in [-0.2, -0.15) is 0 Å². The topological polar surface area (TPSA) is 44.8 Å². The molecule has 3 rings (SSSR count). The Hall–Kier alpha value is -1.37. The van der Waals surface area contributed by atoms with Crippen molar-refractivity contribution in [2.45, 2.75) is 31.3 Å². The quantitative estimate of drug-likeness (QED) is 0.867. The van der Waals surface area contributed by atoms with E-state index >= 15 is 0 Å². The lowest BCUT2D eigenvalue weighted by Crippen LogP contribution is -2.46. The van der Waals surface area contributed by atoms with Crippen LogP contribution in [0, 0.1) is 5.82 Å². The van der Waals surface area contributed by atoms with Crippen molar-refractivity contribution in [1.29, 1.82) is 0 Å². The summed E-state index contributed by atoms with van der Waals surface area (Å²) in [5, 5.41) is 3.36. The molecule has 0 aromatic heterocycles. The molecule has 25 heavy (non-hydrogen) atoms. The van der Waals surface area contributed by atoms with Crippen molar-refractivity contribution in [1.82, 2.24) is 15.1 Å². The molecule has 7 heteroatoms. The predicted octanol–water partition coefficient (Wildman–Crippen LogP) is 3.05. The molecule has 2 aliphatic rings. The maximum atomic E-state index is 14.4. The molecule has 2 amide bonds. The zero-order valence-electron chi connectivity index (χ0n) is 14.5. The van der Waals surface area contributed by atoms with Crippen molar-refractivity contribution in [3.05, 3.63) is 34.6 Å². The molecule has 5 nitrogen and oxygen atoms in total. The first-order chi connectivity index (χ1) is 12.1. The second-order valence-corrected chi connectivity index (χ2v) is 7.12. The van der Waals surface area contributed by atoms with Crippen LogP contribution in [0.25, 0.3) is 0 Å². The fourth-order valence-electron chi connectivity index (χ4n) is 3.60. The van der Waals surface area contributed by atoms with Crippen LogP contribution < -0.4 is 5.32 Å². The Morgan fingerprint density at radius 1 is 1.48 bits per heavy atom. The molecule has 2 unspecified atom stereocenters. The minimum absolute atomic E-state index is 0.0993. The van der Waals surface area contributed by atoms with E-state index in [1.807, 2.05) is 0 Å². The number of ether oxygens (including phenoxy) is 1. The zero-order valence-corrected chi connectivity index (χ0v) is 15.3. The number of amides is 2. The van der Waals surface area contributed by atoms with Crippen molar-refractivity contribution >= 4 is 17.6 Å². The van der Waals surface area contributed by atoms with E-state index in [0.717, 1.165) is 32.4 Å². The highest BCUT2D eigenvalue weighted by Crippen LogP contribution is 2.32. The number of carbonyl (C=O) groups is 1. The van der Waals surface area contributed by atoms with Crippen molar-refractivity contribution < 1.29 is 13.9 Å². The third-order valence-corrected chi connectivity index (χ3v) is 5.46. The maximum Gasteiger partial charge on any atom is 0.317 e. The largest absolute Gasteiger partial charge is 0.379 e. The summed E-state index contributed by atoms with van der Waals surface area (Å²) < 4.78 is 19.8. The first-order valence-corrected chi connectivity index (χ1v) is 9.22. The van der Waals surface area contributed by atoms with E-state index in [2.05, 4.69) is 10.2 Å². The molecule has 2 atom stereocenters. The smallest absolute Gasteiger partial charge is 0.317 e. The summed E-state index contributed by atoms with van der Waals surface area (Å²) in [4.78, 5) is 16.3. The van der Waals surface area contributed by atoms with E-state index in [1.165, 1.54) is 6.07 Å². The molecule has 138 valence electrons. The number of likely N-dealkylation sites (tertiary alicyclic amines) is 1. The number of carbonyl (C=O) groups excluding carboxylic acids is 1. The molecule has 0 aliphatic carbocycles. The molecule has 0 saturated carbocycles. The Morgan fingerprint density at radius 3 is 2.88 bits per heavy atom. The van der Waals surface area contributed by atoms with Crippen molar-refractivity contribution in [2.24, 2.45) is 0 Å². The molecule has 1 N–H and O–H groups in total. The van der Waals surface area contributed by atoms with Crippen molar-refractivity contribution in [3.63, 3.8) is 0 Å². The average Bonchev–Trinajstić information content (AvgIpc) is 3.30. The minimum Gasteiger partial charge on any atom is -0.379 e. The van der Waals surface area contributed by atoms with Crippen LogP contribution in [0.1, 0.15) is 30.9 Å². The molecule has 2 aliphatic heterocycles. The van der Waals surface area contributed by atoms with Crippen LogP contribution in [-0.4, -0.2) is 61.8 Å². The van der Waals surface area contributed by atoms with E-state index in [4.69, 9.17) is 16.3 Å². The van der Waals surface area contributed by atoms with E-state index in [1.54, 1.807) is 24.1 Å². The molecular weight excluding hydrogens is 345 g/mol. The van der Waals surface area contributed by atoms with E-state index in [9.17, 15) is 9.18 Å². The molecular formula is C18H25ClFN3O2. The number of hydrogen-bond donors (Lipinski definition) is 1. The molecule has 2 fully saturated rings. The van der Waals surface area contributed by atoms with E-state index in [0.29, 0.717) is 30.3 Å². The molecule has 0 bridgehead atoms. The van der Waals surface area contributed by atoms with Gasteiger partial charge in [0.05, 0.1) is 18.7 Å². The second-order valence-electron chi connectivity index (χ2n) is 6.71. The van der Waals surface area contributed by atoms with Gasteiger partial charge >= 0.3 is 6.03 Å². The molecule has 1 aromatic carbocycles. The van der Waals surface area contributed by atoms with Crippen LogP contribution in [0.2, 0.25) is 5.02 Å². The van der Waals surface area contributed by atoms with Crippen LogP contribution in [0.4, 0.5) is 9.18 Å². The third kappa shape index (κ3) is 4.25.